The lowest BCUT2D eigenvalue weighted by molar-refractivity contribution is 0.0533. The number of pyridine rings is 1. The second-order valence-corrected chi connectivity index (χ2v) is 6.15. The fraction of sp³-hybridized carbons (Fsp3) is 0.353. The normalized spacial score (nSPS) is 16.9. The monoisotopic (exact) mass is 341 g/mol. The molecule has 1 aliphatic rings. The van der Waals surface area contributed by atoms with Crippen LogP contribution in [-0.2, 0) is 11.3 Å². The van der Waals surface area contributed by atoms with E-state index in [4.69, 9.17) is 15.6 Å². The van der Waals surface area contributed by atoms with E-state index in [0.717, 1.165) is 35.1 Å². The molecular formula is C17H19N5O3. The van der Waals surface area contributed by atoms with Crippen LogP contribution in [0.2, 0.25) is 0 Å². The smallest absolute Gasteiger partial charge is 0.404 e. The number of fused-ring (bicyclic) bond motifs is 5. The Hall–Kier alpha value is -2.87. The van der Waals surface area contributed by atoms with Crippen LogP contribution in [0.5, 0.6) is 0 Å². The fourth-order valence-corrected chi connectivity index (χ4v) is 3.47. The number of hydrogen-bond donors (Lipinski definition) is 3. The van der Waals surface area contributed by atoms with Gasteiger partial charge in [0.25, 0.3) is 0 Å². The van der Waals surface area contributed by atoms with Crippen LogP contribution in [0.15, 0.2) is 24.3 Å². The van der Waals surface area contributed by atoms with Crippen LogP contribution in [0.3, 0.4) is 0 Å². The van der Waals surface area contributed by atoms with E-state index in [9.17, 15) is 4.79 Å². The molecule has 0 bridgehead atoms. The van der Waals surface area contributed by atoms with Gasteiger partial charge >= 0.3 is 6.09 Å². The molecule has 8 nitrogen and oxygen atoms in total. The first kappa shape index (κ1) is 15.6. The Bertz CT molecular complexity index is 952. The molecule has 0 spiro atoms. The molecule has 8 heteroatoms. The maximum Gasteiger partial charge on any atom is 0.404 e. The summed E-state index contributed by atoms with van der Waals surface area (Å²) in [5.74, 6) is 1.25. The standard InChI is InChI=1S/C17H19N5O3/c18-16-14-15(11-5-1-2-6-12(11)20-16)22-10(4-3-7-19-17(23)24)8-25-9-13(22)21-14/h1-2,5-6,10,19H,3-4,7-9H2,(H2,18,20)(H,23,24)/t10-/m0/s1. The second-order valence-electron chi connectivity index (χ2n) is 6.15. The Labute approximate surface area is 143 Å². The minimum Gasteiger partial charge on any atom is -0.465 e. The number of rotatable bonds is 4. The molecule has 0 saturated carbocycles. The molecule has 3 heterocycles. The number of nitrogens with two attached hydrogens (primary N) is 1. The molecule has 4 rings (SSSR count). The zero-order valence-electron chi connectivity index (χ0n) is 13.6. The van der Waals surface area contributed by atoms with E-state index in [-0.39, 0.29) is 6.04 Å². The van der Waals surface area contributed by atoms with Gasteiger partial charge in [0.1, 0.15) is 17.9 Å². The van der Waals surface area contributed by atoms with Gasteiger partial charge in [-0.25, -0.2) is 14.8 Å². The molecule has 0 radical (unpaired) electrons. The van der Waals surface area contributed by atoms with Crippen LogP contribution in [0.4, 0.5) is 10.6 Å². The molecule has 0 aliphatic carbocycles. The van der Waals surface area contributed by atoms with Crippen molar-refractivity contribution >= 4 is 33.8 Å². The first-order chi connectivity index (χ1) is 12.1. The number of carbonyl (C=O) groups is 1. The zero-order valence-corrected chi connectivity index (χ0v) is 13.6. The van der Waals surface area contributed by atoms with E-state index >= 15 is 0 Å². The van der Waals surface area contributed by atoms with Crippen molar-refractivity contribution in [1.82, 2.24) is 19.9 Å². The van der Waals surface area contributed by atoms with Gasteiger partial charge in [0, 0.05) is 11.9 Å². The van der Waals surface area contributed by atoms with Crippen LogP contribution in [-0.4, -0.2) is 38.9 Å². The zero-order chi connectivity index (χ0) is 17.4. The third kappa shape index (κ3) is 2.74. The number of nitrogens with zero attached hydrogens (tertiary/aromatic N) is 3. The first-order valence-corrected chi connectivity index (χ1v) is 8.24. The summed E-state index contributed by atoms with van der Waals surface area (Å²) in [5, 5.41) is 12.1. The van der Waals surface area contributed by atoms with Gasteiger partial charge in [-0.3, -0.25) is 0 Å². The van der Waals surface area contributed by atoms with Gasteiger partial charge in [-0.1, -0.05) is 18.2 Å². The number of hydrogen-bond acceptors (Lipinski definition) is 5. The van der Waals surface area contributed by atoms with Gasteiger partial charge in [-0.05, 0) is 18.9 Å². The maximum atomic E-state index is 10.6. The number of carboxylic acid groups (broad SMARTS) is 1. The van der Waals surface area contributed by atoms with Gasteiger partial charge in [0.05, 0.1) is 23.7 Å². The van der Waals surface area contributed by atoms with Crippen LogP contribution in [0.25, 0.3) is 21.9 Å². The molecule has 2 aromatic heterocycles. The van der Waals surface area contributed by atoms with Crippen LogP contribution in [0, 0.1) is 0 Å². The first-order valence-electron chi connectivity index (χ1n) is 8.24. The summed E-state index contributed by atoms with van der Waals surface area (Å²) in [6.07, 6.45) is 0.506. The summed E-state index contributed by atoms with van der Waals surface area (Å²) in [7, 11) is 0. The molecule has 1 aromatic carbocycles. The third-order valence-electron chi connectivity index (χ3n) is 4.52. The predicted octanol–water partition coefficient (Wildman–Crippen LogP) is 2.29. The van der Waals surface area contributed by atoms with E-state index in [1.807, 2.05) is 24.3 Å². The number of imidazole rings is 1. The Kier molecular flexibility index (Phi) is 3.89. The average molecular weight is 341 g/mol. The van der Waals surface area contributed by atoms with Gasteiger partial charge in [-0.15, -0.1) is 0 Å². The van der Waals surface area contributed by atoms with Crippen LogP contribution < -0.4 is 11.1 Å². The van der Waals surface area contributed by atoms with E-state index in [1.54, 1.807) is 0 Å². The van der Waals surface area contributed by atoms with Crippen molar-refractivity contribution in [3.8, 4) is 0 Å². The van der Waals surface area contributed by atoms with E-state index in [0.29, 0.717) is 31.1 Å². The van der Waals surface area contributed by atoms with E-state index in [1.165, 1.54) is 0 Å². The highest BCUT2D eigenvalue weighted by atomic mass is 16.5. The lowest BCUT2D eigenvalue weighted by atomic mass is 10.1. The Morgan fingerprint density at radius 2 is 2.24 bits per heavy atom. The second kappa shape index (κ2) is 6.21. The predicted molar refractivity (Wildman–Crippen MR) is 93.4 cm³/mol. The summed E-state index contributed by atoms with van der Waals surface area (Å²) >= 11 is 0. The number of nitrogen functional groups attached to an aromatic ring is 1. The van der Waals surface area contributed by atoms with Crippen molar-refractivity contribution in [3.63, 3.8) is 0 Å². The number of anilines is 1. The number of para-hydroxylation sites is 1. The molecule has 25 heavy (non-hydrogen) atoms. The highest BCUT2D eigenvalue weighted by molar-refractivity contribution is 6.06. The Morgan fingerprint density at radius 1 is 1.40 bits per heavy atom. The summed E-state index contributed by atoms with van der Waals surface area (Å²) in [5.41, 5.74) is 8.66. The Morgan fingerprint density at radius 3 is 3.08 bits per heavy atom. The minimum absolute atomic E-state index is 0.0922. The summed E-state index contributed by atoms with van der Waals surface area (Å²) in [6, 6.07) is 7.97. The molecule has 4 N–H and O–H groups in total. The van der Waals surface area contributed by atoms with Crippen molar-refractivity contribution in [2.75, 3.05) is 18.9 Å². The van der Waals surface area contributed by atoms with Crippen LogP contribution in [0.1, 0.15) is 24.7 Å². The van der Waals surface area contributed by atoms with Crippen molar-refractivity contribution < 1.29 is 14.6 Å². The Balaban J connectivity index is 1.77. The quantitative estimate of drug-likeness (QED) is 0.627. The number of aromatic nitrogens is 3. The molecule has 0 saturated heterocycles. The maximum absolute atomic E-state index is 10.6. The number of nitrogens with one attached hydrogen (secondary N) is 1. The molecule has 0 fully saturated rings. The molecule has 1 amide bonds. The third-order valence-corrected chi connectivity index (χ3v) is 4.52. The molecule has 0 unspecified atom stereocenters. The molecule has 1 aliphatic heterocycles. The summed E-state index contributed by atoms with van der Waals surface area (Å²) in [6.45, 7) is 1.42. The van der Waals surface area contributed by atoms with Gasteiger partial charge in [0.2, 0.25) is 0 Å². The molecule has 130 valence electrons. The molecule has 3 aromatic rings. The highest BCUT2D eigenvalue weighted by Gasteiger charge is 2.26. The summed E-state index contributed by atoms with van der Waals surface area (Å²) in [4.78, 5) is 19.7. The van der Waals surface area contributed by atoms with Gasteiger partial charge in [-0.2, -0.15) is 0 Å². The van der Waals surface area contributed by atoms with Crippen molar-refractivity contribution in [3.05, 3.63) is 30.1 Å². The summed E-state index contributed by atoms with van der Waals surface area (Å²) < 4.78 is 7.88. The van der Waals surface area contributed by atoms with Gasteiger partial charge in [0.15, 0.2) is 5.82 Å². The van der Waals surface area contributed by atoms with Gasteiger partial charge < -0.3 is 25.5 Å². The lowest BCUT2D eigenvalue weighted by Gasteiger charge is -2.26. The highest BCUT2D eigenvalue weighted by Crippen LogP contribution is 2.34. The van der Waals surface area contributed by atoms with Crippen molar-refractivity contribution in [1.29, 1.82) is 0 Å². The van der Waals surface area contributed by atoms with Crippen LogP contribution >= 0.6 is 0 Å². The SMILES string of the molecule is Nc1nc2ccccc2c2c1nc1n2[C@@H](CCCNC(=O)O)COC1. The molecule has 1 atom stereocenters. The largest absolute Gasteiger partial charge is 0.465 e. The van der Waals surface area contributed by atoms with Crippen molar-refractivity contribution in [2.24, 2.45) is 0 Å². The number of benzene rings is 1. The topological polar surface area (TPSA) is 115 Å². The number of ether oxygens (including phenoxy) is 1. The van der Waals surface area contributed by atoms with Crippen molar-refractivity contribution in [2.45, 2.75) is 25.5 Å². The average Bonchev–Trinajstić information content (AvgIpc) is 3.00. The lowest BCUT2D eigenvalue weighted by Crippen LogP contribution is -2.26. The minimum atomic E-state index is -1.00. The molecular weight excluding hydrogens is 322 g/mol. The number of amides is 1. The van der Waals surface area contributed by atoms with E-state index in [2.05, 4.69) is 19.9 Å². The fourth-order valence-electron chi connectivity index (χ4n) is 3.47. The van der Waals surface area contributed by atoms with E-state index < -0.39 is 6.09 Å².